The molecule has 3 heteroatoms. The van der Waals surface area contributed by atoms with Gasteiger partial charge in [0.25, 0.3) is 0 Å². The number of hydrogen-bond acceptors (Lipinski definition) is 3. The van der Waals surface area contributed by atoms with Crippen LogP contribution in [0.3, 0.4) is 0 Å². The number of unbranched alkanes of at least 4 members (excludes halogenated alkanes) is 2. The van der Waals surface area contributed by atoms with Gasteiger partial charge in [0.2, 0.25) is 0 Å². The van der Waals surface area contributed by atoms with E-state index in [0.717, 1.165) is 12.8 Å². The lowest BCUT2D eigenvalue weighted by Gasteiger charge is -2.12. The van der Waals surface area contributed by atoms with Crippen molar-refractivity contribution in [1.82, 2.24) is 0 Å². The van der Waals surface area contributed by atoms with Crippen molar-refractivity contribution in [3.05, 3.63) is 29.3 Å². The summed E-state index contributed by atoms with van der Waals surface area (Å²) in [5, 5.41) is 18.6. The summed E-state index contributed by atoms with van der Waals surface area (Å²) < 4.78 is 0. The molecule has 0 saturated carbocycles. The van der Waals surface area contributed by atoms with Crippen molar-refractivity contribution in [2.75, 3.05) is 6.61 Å². The highest BCUT2D eigenvalue weighted by Crippen LogP contribution is 2.24. The molecule has 0 saturated heterocycles. The van der Waals surface area contributed by atoms with Gasteiger partial charge in [-0.15, -0.1) is 0 Å². The molecule has 4 N–H and O–H groups in total. The van der Waals surface area contributed by atoms with Crippen LogP contribution in [-0.2, 0) is 6.42 Å². The van der Waals surface area contributed by atoms with Gasteiger partial charge < -0.3 is 15.9 Å². The Morgan fingerprint density at radius 3 is 2.69 bits per heavy atom. The molecule has 0 spiro atoms. The highest BCUT2D eigenvalue weighted by atomic mass is 16.3. The number of phenols is 1. The third-order valence-corrected chi connectivity index (χ3v) is 2.76. The van der Waals surface area contributed by atoms with Gasteiger partial charge >= 0.3 is 0 Å². The second kappa shape index (κ2) is 6.51. The molecule has 0 amide bonds. The molecule has 0 aromatic heterocycles. The lowest BCUT2D eigenvalue weighted by molar-refractivity contribution is 0.265. The van der Waals surface area contributed by atoms with Crippen LogP contribution in [0.5, 0.6) is 5.75 Å². The second-order valence-corrected chi connectivity index (χ2v) is 4.14. The van der Waals surface area contributed by atoms with Gasteiger partial charge in [-0.1, -0.05) is 31.9 Å². The van der Waals surface area contributed by atoms with E-state index in [4.69, 9.17) is 10.8 Å². The summed E-state index contributed by atoms with van der Waals surface area (Å²) in [7, 11) is 0. The van der Waals surface area contributed by atoms with E-state index in [9.17, 15) is 5.11 Å². The molecule has 3 nitrogen and oxygen atoms in total. The smallest absolute Gasteiger partial charge is 0.120 e. The quantitative estimate of drug-likeness (QED) is 0.647. The van der Waals surface area contributed by atoms with Gasteiger partial charge in [0.05, 0.1) is 12.6 Å². The van der Waals surface area contributed by atoms with E-state index in [-0.39, 0.29) is 12.4 Å². The van der Waals surface area contributed by atoms with Gasteiger partial charge in [0.15, 0.2) is 0 Å². The zero-order valence-electron chi connectivity index (χ0n) is 9.82. The molecular formula is C13H21NO2. The van der Waals surface area contributed by atoms with Gasteiger partial charge in [-0.25, -0.2) is 0 Å². The number of benzene rings is 1. The van der Waals surface area contributed by atoms with E-state index in [1.165, 1.54) is 18.4 Å². The maximum absolute atomic E-state index is 9.62. The summed E-state index contributed by atoms with van der Waals surface area (Å²) in [5.74, 6) is 0.167. The maximum Gasteiger partial charge on any atom is 0.120 e. The SMILES string of the molecule is CCCCCc1ccc(O)c([C@H](N)CO)c1. The highest BCUT2D eigenvalue weighted by Gasteiger charge is 2.10. The Morgan fingerprint density at radius 1 is 1.31 bits per heavy atom. The van der Waals surface area contributed by atoms with Gasteiger partial charge in [-0.05, 0) is 24.5 Å². The molecule has 0 aliphatic heterocycles. The van der Waals surface area contributed by atoms with Crippen LogP contribution >= 0.6 is 0 Å². The first-order valence-corrected chi connectivity index (χ1v) is 5.87. The average molecular weight is 223 g/mol. The molecule has 1 aromatic carbocycles. The van der Waals surface area contributed by atoms with E-state index < -0.39 is 6.04 Å². The van der Waals surface area contributed by atoms with Crippen molar-refractivity contribution in [3.8, 4) is 5.75 Å². The Kier molecular flexibility index (Phi) is 5.29. The molecule has 0 fully saturated rings. The number of nitrogens with two attached hydrogens (primary N) is 1. The van der Waals surface area contributed by atoms with Crippen molar-refractivity contribution in [2.45, 2.75) is 38.6 Å². The molecule has 90 valence electrons. The molecule has 0 heterocycles. The van der Waals surface area contributed by atoms with Crippen LogP contribution in [0.25, 0.3) is 0 Å². The Morgan fingerprint density at radius 2 is 2.06 bits per heavy atom. The molecule has 0 radical (unpaired) electrons. The van der Waals surface area contributed by atoms with E-state index in [1.807, 2.05) is 12.1 Å². The molecule has 1 atom stereocenters. The zero-order valence-corrected chi connectivity index (χ0v) is 9.82. The topological polar surface area (TPSA) is 66.5 Å². The van der Waals surface area contributed by atoms with Crippen molar-refractivity contribution in [3.63, 3.8) is 0 Å². The van der Waals surface area contributed by atoms with Gasteiger partial charge in [-0.2, -0.15) is 0 Å². The minimum absolute atomic E-state index is 0.147. The first-order chi connectivity index (χ1) is 7.69. The van der Waals surface area contributed by atoms with E-state index in [1.54, 1.807) is 6.07 Å². The van der Waals surface area contributed by atoms with Crippen LogP contribution in [0.2, 0.25) is 0 Å². The summed E-state index contributed by atoms with van der Waals surface area (Å²) in [5.41, 5.74) is 7.52. The van der Waals surface area contributed by atoms with Crippen molar-refractivity contribution in [2.24, 2.45) is 5.73 Å². The molecular weight excluding hydrogens is 202 g/mol. The minimum atomic E-state index is -0.494. The lowest BCUT2D eigenvalue weighted by atomic mass is 10.0. The first-order valence-electron chi connectivity index (χ1n) is 5.87. The predicted octanol–water partition coefficient (Wildman–Crippen LogP) is 2.12. The lowest BCUT2D eigenvalue weighted by Crippen LogP contribution is -2.14. The maximum atomic E-state index is 9.62. The predicted molar refractivity (Wildman–Crippen MR) is 65.4 cm³/mol. The molecule has 0 aliphatic carbocycles. The molecule has 0 aliphatic rings. The molecule has 1 aromatic rings. The fraction of sp³-hybridized carbons (Fsp3) is 0.538. The zero-order chi connectivity index (χ0) is 12.0. The van der Waals surface area contributed by atoms with Gasteiger partial charge in [0, 0.05) is 5.56 Å². The van der Waals surface area contributed by atoms with Gasteiger partial charge in [0.1, 0.15) is 5.75 Å². The van der Waals surface area contributed by atoms with Gasteiger partial charge in [-0.3, -0.25) is 0 Å². The first kappa shape index (κ1) is 13.0. The van der Waals surface area contributed by atoms with E-state index in [0.29, 0.717) is 5.56 Å². The Bertz CT molecular complexity index is 326. The van der Waals surface area contributed by atoms with Crippen LogP contribution < -0.4 is 5.73 Å². The fourth-order valence-corrected chi connectivity index (χ4v) is 1.73. The number of phenolic OH excluding ortho intramolecular Hbond substituents is 1. The third kappa shape index (κ3) is 3.51. The van der Waals surface area contributed by atoms with Crippen LogP contribution in [0.1, 0.15) is 43.4 Å². The fourth-order valence-electron chi connectivity index (χ4n) is 1.73. The van der Waals surface area contributed by atoms with Crippen molar-refractivity contribution >= 4 is 0 Å². The van der Waals surface area contributed by atoms with E-state index in [2.05, 4.69) is 6.92 Å². The minimum Gasteiger partial charge on any atom is -0.508 e. The number of aliphatic hydroxyl groups excluding tert-OH is 1. The Hall–Kier alpha value is -1.06. The number of aryl methyl sites for hydroxylation is 1. The summed E-state index contributed by atoms with van der Waals surface area (Å²) in [4.78, 5) is 0. The van der Waals surface area contributed by atoms with Crippen molar-refractivity contribution < 1.29 is 10.2 Å². The van der Waals surface area contributed by atoms with Crippen LogP contribution in [0, 0.1) is 0 Å². The monoisotopic (exact) mass is 223 g/mol. The van der Waals surface area contributed by atoms with E-state index >= 15 is 0 Å². The number of hydrogen-bond donors (Lipinski definition) is 3. The Balaban J connectivity index is 2.73. The average Bonchev–Trinajstić information content (AvgIpc) is 2.30. The third-order valence-electron chi connectivity index (χ3n) is 2.76. The van der Waals surface area contributed by atoms with Crippen LogP contribution in [-0.4, -0.2) is 16.8 Å². The number of rotatable bonds is 6. The molecule has 16 heavy (non-hydrogen) atoms. The molecule has 1 rings (SSSR count). The van der Waals surface area contributed by atoms with Crippen molar-refractivity contribution in [1.29, 1.82) is 0 Å². The second-order valence-electron chi connectivity index (χ2n) is 4.14. The Labute approximate surface area is 96.9 Å². The molecule has 0 bridgehead atoms. The number of aliphatic hydroxyl groups is 1. The summed E-state index contributed by atoms with van der Waals surface area (Å²) in [6, 6.07) is 4.97. The summed E-state index contributed by atoms with van der Waals surface area (Å²) in [6.07, 6.45) is 4.55. The largest absolute Gasteiger partial charge is 0.508 e. The number of aromatic hydroxyl groups is 1. The van der Waals surface area contributed by atoms with Crippen LogP contribution in [0.15, 0.2) is 18.2 Å². The normalized spacial score (nSPS) is 12.7. The van der Waals surface area contributed by atoms with Crippen LogP contribution in [0.4, 0.5) is 0 Å². The summed E-state index contributed by atoms with van der Waals surface area (Å²) >= 11 is 0. The summed E-state index contributed by atoms with van der Waals surface area (Å²) in [6.45, 7) is 2.02. The standard InChI is InChI=1S/C13H21NO2/c1-2-3-4-5-10-6-7-13(16)11(8-10)12(14)9-15/h6-8,12,15-16H,2-5,9,14H2,1H3/t12-/m1/s1. The molecule has 0 unspecified atom stereocenters. The highest BCUT2D eigenvalue weighted by molar-refractivity contribution is 5.38.